The minimum atomic E-state index is -3.66. The number of sulfone groups is 1. The average molecular weight is 527 g/mol. The van der Waals surface area contributed by atoms with E-state index in [4.69, 9.17) is 16.7 Å². The number of benzene rings is 2. The van der Waals surface area contributed by atoms with Crippen LogP contribution >= 0.6 is 11.6 Å². The van der Waals surface area contributed by atoms with Crippen LogP contribution in [0.3, 0.4) is 0 Å². The Kier molecular flexibility index (Phi) is 7.22. The van der Waals surface area contributed by atoms with E-state index in [0.717, 1.165) is 68.4 Å². The molecule has 1 aromatic heterocycles. The number of fused-ring (bicyclic) bond motifs is 1. The molecule has 1 heterocycles. The average Bonchev–Trinajstić information content (AvgIpc) is 3.27. The van der Waals surface area contributed by atoms with Crippen LogP contribution in [0.25, 0.3) is 5.69 Å². The Labute approximate surface area is 217 Å². The summed E-state index contributed by atoms with van der Waals surface area (Å²) < 4.78 is 29.4. The van der Waals surface area contributed by atoms with Crippen molar-refractivity contribution in [2.45, 2.75) is 68.6 Å². The molecule has 190 valence electrons. The number of aromatic nitrogens is 2. The summed E-state index contributed by atoms with van der Waals surface area (Å²) in [6, 6.07) is 13.2. The van der Waals surface area contributed by atoms with Gasteiger partial charge in [0.05, 0.1) is 33.3 Å². The molecular weight excluding hydrogens is 496 g/mol. The van der Waals surface area contributed by atoms with E-state index in [1.165, 1.54) is 36.2 Å². The second kappa shape index (κ2) is 10.4. The number of aromatic carboxylic acids is 1. The second-order valence-corrected chi connectivity index (χ2v) is 12.5. The highest BCUT2D eigenvalue weighted by Gasteiger charge is 2.36. The lowest BCUT2D eigenvalue weighted by atomic mass is 9.77. The van der Waals surface area contributed by atoms with Crippen molar-refractivity contribution in [3.05, 3.63) is 76.1 Å². The van der Waals surface area contributed by atoms with Gasteiger partial charge in [-0.25, -0.2) is 17.9 Å². The van der Waals surface area contributed by atoms with Crippen LogP contribution in [0.5, 0.6) is 0 Å². The lowest BCUT2D eigenvalue weighted by Crippen LogP contribution is -2.27. The first-order valence-electron chi connectivity index (χ1n) is 12.8. The van der Waals surface area contributed by atoms with Gasteiger partial charge in [-0.15, -0.1) is 0 Å². The van der Waals surface area contributed by atoms with Gasteiger partial charge in [0.1, 0.15) is 0 Å². The topological polar surface area (TPSA) is 89.3 Å². The standard InChI is InChI=1S/C28H31ClN2O4S/c29-21-12-14-22(15-13-21)31-27(24-8-4-5-9-26(24)30-31)25(19-6-2-1-3-7-19)18-36(34,35)23-16-10-20(11-17-23)28(32)33/h10-17,19,25H,1-9,18H2,(H,32,33). The summed E-state index contributed by atoms with van der Waals surface area (Å²) in [5.74, 6) is -1.03. The smallest absolute Gasteiger partial charge is 0.335 e. The lowest BCUT2D eigenvalue weighted by Gasteiger charge is -2.32. The Balaban J connectivity index is 1.61. The number of carboxylic acids is 1. The number of halogens is 1. The molecule has 1 unspecified atom stereocenters. The molecule has 0 spiro atoms. The molecule has 5 rings (SSSR count). The van der Waals surface area contributed by atoms with Crippen molar-refractivity contribution >= 4 is 27.4 Å². The predicted octanol–water partition coefficient (Wildman–Crippen LogP) is 6.24. The van der Waals surface area contributed by atoms with Crippen LogP contribution < -0.4 is 0 Å². The molecule has 0 aliphatic heterocycles. The number of nitrogens with zero attached hydrogens (tertiary/aromatic N) is 2. The third-order valence-electron chi connectivity index (χ3n) is 7.70. The van der Waals surface area contributed by atoms with Crippen molar-refractivity contribution in [3.8, 4) is 5.69 Å². The van der Waals surface area contributed by atoms with Crippen molar-refractivity contribution in [1.29, 1.82) is 0 Å². The molecular formula is C28H31ClN2O4S. The third-order valence-corrected chi connectivity index (χ3v) is 9.74. The summed E-state index contributed by atoms with van der Waals surface area (Å²) in [6.07, 6.45) is 9.37. The fraction of sp³-hybridized carbons (Fsp3) is 0.429. The van der Waals surface area contributed by atoms with E-state index < -0.39 is 15.8 Å². The Morgan fingerprint density at radius 1 is 0.972 bits per heavy atom. The Morgan fingerprint density at radius 3 is 2.31 bits per heavy atom. The number of hydrogen-bond acceptors (Lipinski definition) is 4. The zero-order valence-corrected chi connectivity index (χ0v) is 21.8. The molecule has 8 heteroatoms. The maximum absolute atomic E-state index is 13.7. The van der Waals surface area contributed by atoms with Gasteiger partial charge in [-0.05, 0) is 98.5 Å². The minimum Gasteiger partial charge on any atom is -0.478 e. The Morgan fingerprint density at radius 2 is 1.64 bits per heavy atom. The fourth-order valence-electron chi connectivity index (χ4n) is 5.85. The van der Waals surface area contributed by atoms with E-state index in [1.807, 2.05) is 28.9 Å². The summed E-state index contributed by atoms with van der Waals surface area (Å²) in [4.78, 5) is 11.4. The molecule has 2 aromatic carbocycles. The highest BCUT2D eigenvalue weighted by Crippen LogP contribution is 2.42. The zero-order valence-electron chi connectivity index (χ0n) is 20.2. The molecule has 2 aliphatic rings. The molecule has 0 amide bonds. The van der Waals surface area contributed by atoms with Gasteiger partial charge in [-0.1, -0.05) is 30.9 Å². The summed E-state index contributed by atoms with van der Waals surface area (Å²) in [6.45, 7) is 0. The molecule has 1 atom stereocenters. The van der Waals surface area contributed by atoms with E-state index in [1.54, 1.807) is 0 Å². The van der Waals surface area contributed by atoms with E-state index in [9.17, 15) is 18.3 Å². The fourth-order valence-corrected chi connectivity index (χ4v) is 7.62. The highest BCUT2D eigenvalue weighted by atomic mass is 35.5. The predicted molar refractivity (Wildman–Crippen MR) is 140 cm³/mol. The summed E-state index contributed by atoms with van der Waals surface area (Å²) in [7, 11) is -3.66. The summed E-state index contributed by atoms with van der Waals surface area (Å²) in [5, 5.41) is 14.9. The molecule has 6 nitrogen and oxygen atoms in total. The zero-order chi connectivity index (χ0) is 25.3. The number of aryl methyl sites for hydroxylation is 1. The quantitative estimate of drug-likeness (QED) is 0.393. The van der Waals surface area contributed by atoms with Crippen molar-refractivity contribution in [2.24, 2.45) is 5.92 Å². The molecule has 0 saturated heterocycles. The third kappa shape index (κ3) is 5.09. The molecule has 1 fully saturated rings. The molecule has 1 saturated carbocycles. The van der Waals surface area contributed by atoms with Gasteiger partial charge in [0, 0.05) is 10.9 Å². The minimum absolute atomic E-state index is 0.0180. The summed E-state index contributed by atoms with van der Waals surface area (Å²) in [5.41, 5.74) is 4.29. The van der Waals surface area contributed by atoms with Crippen LogP contribution in [0.2, 0.25) is 5.02 Å². The molecule has 36 heavy (non-hydrogen) atoms. The van der Waals surface area contributed by atoms with Crippen LogP contribution in [0.4, 0.5) is 0 Å². The normalized spacial score (nSPS) is 17.5. The van der Waals surface area contributed by atoms with Gasteiger partial charge in [-0.2, -0.15) is 5.10 Å². The maximum Gasteiger partial charge on any atom is 0.335 e. The van der Waals surface area contributed by atoms with Crippen LogP contribution in [0, 0.1) is 5.92 Å². The maximum atomic E-state index is 13.7. The number of hydrogen-bond donors (Lipinski definition) is 1. The van der Waals surface area contributed by atoms with Gasteiger partial charge >= 0.3 is 5.97 Å². The lowest BCUT2D eigenvalue weighted by molar-refractivity contribution is 0.0696. The first-order valence-corrected chi connectivity index (χ1v) is 14.8. The van der Waals surface area contributed by atoms with Crippen LogP contribution in [-0.2, 0) is 22.7 Å². The molecule has 0 bridgehead atoms. The van der Waals surface area contributed by atoms with E-state index >= 15 is 0 Å². The van der Waals surface area contributed by atoms with E-state index in [0.29, 0.717) is 5.02 Å². The first-order chi connectivity index (χ1) is 17.3. The Hall–Kier alpha value is -2.64. The highest BCUT2D eigenvalue weighted by molar-refractivity contribution is 7.91. The van der Waals surface area contributed by atoms with Crippen LogP contribution in [0.15, 0.2) is 53.4 Å². The van der Waals surface area contributed by atoms with Gasteiger partial charge in [0.25, 0.3) is 0 Å². The van der Waals surface area contributed by atoms with Crippen molar-refractivity contribution in [2.75, 3.05) is 5.75 Å². The molecule has 0 radical (unpaired) electrons. The SMILES string of the molecule is O=C(O)c1ccc(S(=O)(=O)CC(c2c3c(nn2-c2ccc(Cl)cc2)CCCC3)C2CCCCC2)cc1. The van der Waals surface area contributed by atoms with Crippen LogP contribution in [0.1, 0.15) is 78.2 Å². The van der Waals surface area contributed by atoms with Crippen molar-refractivity contribution in [3.63, 3.8) is 0 Å². The molecule has 2 aliphatic carbocycles. The largest absolute Gasteiger partial charge is 0.478 e. The van der Waals surface area contributed by atoms with Crippen LogP contribution in [-0.4, -0.2) is 35.0 Å². The second-order valence-electron chi connectivity index (χ2n) is 10.0. The first kappa shape index (κ1) is 25.0. The van der Waals surface area contributed by atoms with Gasteiger partial charge in [-0.3, -0.25) is 0 Å². The molecule has 3 aromatic rings. The van der Waals surface area contributed by atoms with E-state index in [-0.39, 0.29) is 28.0 Å². The number of carboxylic acid groups (broad SMARTS) is 1. The van der Waals surface area contributed by atoms with Gasteiger partial charge in [0.15, 0.2) is 9.84 Å². The monoisotopic (exact) mass is 526 g/mol. The van der Waals surface area contributed by atoms with Crippen molar-refractivity contribution in [1.82, 2.24) is 9.78 Å². The molecule has 1 N–H and O–H groups in total. The van der Waals surface area contributed by atoms with Crippen molar-refractivity contribution < 1.29 is 18.3 Å². The number of rotatable bonds is 7. The number of carbonyl (C=O) groups is 1. The van der Waals surface area contributed by atoms with Gasteiger partial charge < -0.3 is 5.11 Å². The van der Waals surface area contributed by atoms with Gasteiger partial charge in [0.2, 0.25) is 0 Å². The summed E-state index contributed by atoms with van der Waals surface area (Å²) >= 11 is 6.16. The van der Waals surface area contributed by atoms with E-state index in [2.05, 4.69) is 0 Å². The Bertz CT molecular complexity index is 1340.